The van der Waals surface area contributed by atoms with E-state index in [0.29, 0.717) is 24.8 Å². The van der Waals surface area contributed by atoms with E-state index in [9.17, 15) is 4.79 Å². The third-order valence-electron chi connectivity index (χ3n) is 2.59. The van der Waals surface area contributed by atoms with Crippen LogP contribution in [0, 0.1) is 11.3 Å². The zero-order valence-electron chi connectivity index (χ0n) is 8.81. The summed E-state index contributed by atoms with van der Waals surface area (Å²) in [5.41, 5.74) is 5.50. The molecule has 1 heterocycles. The molecule has 0 saturated heterocycles. The minimum Gasteiger partial charge on any atom is -0.391 e. The number of aromatic nitrogens is 2. The monoisotopic (exact) mass is 219 g/mol. The predicted molar refractivity (Wildman–Crippen MR) is 59.9 cm³/mol. The van der Waals surface area contributed by atoms with E-state index in [4.69, 9.17) is 11.0 Å². The van der Waals surface area contributed by atoms with Gasteiger partial charge in [-0.2, -0.15) is 5.26 Å². The Kier molecular flexibility index (Phi) is 2.77. The molecule has 0 unspecified atom stereocenters. The summed E-state index contributed by atoms with van der Waals surface area (Å²) in [5, 5.41) is 8.59. The van der Waals surface area contributed by atoms with E-state index in [1.807, 2.05) is 4.90 Å². The van der Waals surface area contributed by atoms with Gasteiger partial charge in [0.25, 0.3) is 5.56 Å². The van der Waals surface area contributed by atoms with Crippen molar-refractivity contribution in [3.63, 3.8) is 0 Å². The summed E-state index contributed by atoms with van der Waals surface area (Å²) >= 11 is 0. The molecule has 2 rings (SSSR count). The third kappa shape index (κ3) is 1.98. The molecule has 3 N–H and O–H groups in total. The highest BCUT2D eigenvalue weighted by molar-refractivity contribution is 5.62. The molecule has 6 heteroatoms. The number of hydrogen-bond donors (Lipinski definition) is 2. The van der Waals surface area contributed by atoms with Gasteiger partial charge in [0.05, 0.1) is 18.8 Å². The van der Waals surface area contributed by atoms with Crippen LogP contribution in [-0.2, 0) is 0 Å². The number of nitrogen functional groups attached to an aromatic ring is 1. The van der Waals surface area contributed by atoms with Gasteiger partial charge in [-0.3, -0.25) is 4.79 Å². The van der Waals surface area contributed by atoms with Crippen molar-refractivity contribution in [1.29, 1.82) is 5.26 Å². The zero-order chi connectivity index (χ0) is 11.5. The van der Waals surface area contributed by atoms with Crippen molar-refractivity contribution < 1.29 is 0 Å². The summed E-state index contributed by atoms with van der Waals surface area (Å²) < 4.78 is 0. The first kappa shape index (κ1) is 10.5. The number of nitrogens with two attached hydrogens (primary N) is 1. The fourth-order valence-electron chi connectivity index (χ4n) is 1.65. The molecule has 0 bridgehead atoms. The molecule has 0 radical (unpaired) electrons. The standard InChI is InChI=1S/C10H13N5O/c11-4-1-5-15(7-2-3-7)9-8(12)10(16)14-6-13-9/h6-7H,1-3,5,12H2,(H,13,14,16). The van der Waals surface area contributed by atoms with Crippen LogP contribution in [0.2, 0.25) is 0 Å². The largest absolute Gasteiger partial charge is 0.391 e. The van der Waals surface area contributed by atoms with Gasteiger partial charge in [-0.1, -0.05) is 0 Å². The predicted octanol–water partition coefficient (Wildman–Crippen LogP) is 0.235. The van der Waals surface area contributed by atoms with Crippen LogP contribution in [-0.4, -0.2) is 22.6 Å². The van der Waals surface area contributed by atoms with Gasteiger partial charge in [-0.15, -0.1) is 0 Å². The fourth-order valence-corrected chi connectivity index (χ4v) is 1.65. The Labute approximate surface area is 92.7 Å². The number of nitrogens with one attached hydrogen (secondary N) is 1. The summed E-state index contributed by atoms with van der Waals surface area (Å²) in [6, 6.07) is 2.47. The minimum absolute atomic E-state index is 0.132. The Morgan fingerprint density at radius 2 is 2.44 bits per heavy atom. The van der Waals surface area contributed by atoms with Crippen molar-refractivity contribution >= 4 is 11.5 Å². The molecule has 84 valence electrons. The van der Waals surface area contributed by atoms with Gasteiger partial charge in [0, 0.05) is 12.6 Å². The third-order valence-corrected chi connectivity index (χ3v) is 2.59. The van der Waals surface area contributed by atoms with Crippen LogP contribution < -0.4 is 16.2 Å². The highest BCUT2D eigenvalue weighted by Gasteiger charge is 2.31. The number of H-pyrrole nitrogens is 1. The topological polar surface area (TPSA) is 98.8 Å². The van der Waals surface area contributed by atoms with Gasteiger partial charge in [0.1, 0.15) is 5.69 Å². The van der Waals surface area contributed by atoms with E-state index < -0.39 is 0 Å². The van der Waals surface area contributed by atoms with Crippen LogP contribution >= 0.6 is 0 Å². The molecule has 0 atom stereocenters. The van der Waals surface area contributed by atoms with Crippen molar-refractivity contribution in [3.8, 4) is 6.07 Å². The number of nitrogens with zero attached hydrogens (tertiary/aromatic N) is 3. The summed E-state index contributed by atoms with van der Waals surface area (Å²) in [6.45, 7) is 0.571. The second-order valence-corrected chi connectivity index (χ2v) is 3.80. The van der Waals surface area contributed by atoms with Gasteiger partial charge in [0.15, 0.2) is 5.82 Å². The number of nitriles is 1. The second kappa shape index (κ2) is 4.23. The van der Waals surface area contributed by atoms with Crippen molar-refractivity contribution in [2.24, 2.45) is 0 Å². The van der Waals surface area contributed by atoms with Crippen molar-refractivity contribution in [2.45, 2.75) is 25.3 Å². The zero-order valence-corrected chi connectivity index (χ0v) is 8.81. The summed E-state index contributed by atoms with van der Waals surface area (Å²) in [5.74, 6) is 0.501. The Bertz CT molecular complexity index is 471. The van der Waals surface area contributed by atoms with Gasteiger partial charge >= 0.3 is 0 Å². The van der Waals surface area contributed by atoms with Crippen molar-refractivity contribution in [3.05, 3.63) is 16.7 Å². The van der Waals surface area contributed by atoms with E-state index in [-0.39, 0.29) is 11.2 Å². The van der Waals surface area contributed by atoms with E-state index in [0.717, 1.165) is 12.8 Å². The lowest BCUT2D eigenvalue weighted by Gasteiger charge is -2.22. The van der Waals surface area contributed by atoms with Gasteiger partial charge < -0.3 is 15.6 Å². The molecule has 1 aromatic heterocycles. The molecule has 0 aromatic carbocycles. The first-order valence-corrected chi connectivity index (χ1v) is 5.20. The molecule has 1 saturated carbocycles. The van der Waals surface area contributed by atoms with Crippen LogP contribution in [0.4, 0.5) is 11.5 Å². The fraction of sp³-hybridized carbons (Fsp3) is 0.500. The number of rotatable bonds is 4. The normalized spacial score (nSPS) is 14.4. The van der Waals surface area contributed by atoms with Crippen LogP contribution in [0.15, 0.2) is 11.1 Å². The molecule has 0 amide bonds. The van der Waals surface area contributed by atoms with Crippen LogP contribution in [0.25, 0.3) is 0 Å². The van der Waals surface area contributed by atoms with E-state index in [1.165, 1.54) is 6.33 Å². The molecule has 6 nitrogen and oxygen atoms in total. The summed E-state index contributed by atoms with van der Waals surface area (Å²) in [7, 11) is 0. The lowest BCUT2D eigenvalue weighted by Crippen LogP contribution is -2.30. The molecule has 1 aliphatic rings. The maximum atomic E-state index is 11.3. The van der Waals surface area contributed by atoms with Gasteiger partial charge in [0.2, 0.25) is 0 Å². The maximum absolute atomic E-state index is 11.3. The van der Waals surface area contributed by atoms with Crippen molar-refractivity contribution in [1.82, 2.24) is 9.97 Å². The Morgan fingerprint density at radius 3 is 3.06 bits per heavy atom. The highest BCUT2D eigenvalue weighted by atomic mass is 16.1. The molecule has 1 aliphatic carbocycles. The number of anilines is 2. The Hall–Kier alpha value is -2.03. The highest BCUT2D eigenvalue weighted by Crippen LogP contribution is 2.31. The maximum Gasteiger partial charge on any atom is 0.276 e. The summed E-state index contributed by atoms with van der Waals surface area (Å²) in [6.07, 6.45) is 3.89. The smallest absolute Gasteiger partial charge is 0.276 e. The Morgan fingerprint density at radius 1 is 1.69 bits per heavy atom. The number of hydrogen-bond acceptors (Lipinski definition) is 5. The second-order valence-electron chi connectivity index (χ2n) is 3.80. The lowest BCUT2D eigenvalue weighted by atomic mass is 10.3. The molecule has 0 spiro atoms. The SMILES string of the molecule is N#CCCN(c1nc[nH]c(=O)c1N)C1CC1. The molecule has 0 aliphatic heterocycles. The molecule has 1 aromatic rings. The molecular weight excluding hydrogens is 206 g/mol. The minimum atomic E-state index is -0.326. The van der Waals surface area contributed by atoms with E-state index in [2.05, 4.69) is 16.0 Å². The Balaban J connectivity index is 2.28. The van der Waals surface area contributed by atoms with Crippen LogP contribution in [0.1, 0.15) is 19.3 Å². The quantitative estimate of drug-likeness (QED) is 0.755. The molecular formula is C10H13N5O. The van der Waals surface area contributed by atoms with Gasteiger partial charge in [-0.05, 0) is 12.8 Å². The van der Waals surface area contributed by atoms with Crippen LogP contribution in [0.5, 0.6) is 0 Å². The average molecular weight is 219 g/mol. The van der Waals surface area contributed by atoms with Crippen LogP contribution in [0.3, 0.4) is 0 Å². The summed E-state index contributed by atoms with van der Waals surface area (Å²) in [4.78, 5) is 19.8. The molecule has 1 fully saturated rings. The van der Waals surface area contributed by atoms with E-state index >= 15 is 0 Å². The van der Waals surface area contributed by atoms with E-state index in [1.54, 1.807) is 0 Å². The first-order chi connectivity index (χ1) is 7.74. The van der Waals surface area contributed by atoms with Crippen molar-refractivity contribution in [2.75, 3.05) is 17.2 Å². The molecule has 16 heavy (non-hydrogen) atoms. The van der Waals surface area contributed by atoms with Gasteiger partial charge in [-0.25, -0.2) is 4.98 Å². The first-order valence-electron chi connectivity index (χ1n) is 5.20. The lowest BCUT2D eigenvalue weighted by molar-refractivity contribution is 0.775. The average Bonchev–Trinajstić information content (AvgIpc) is 3.08. The number of aromatic amines is 1.